The number of hydrogen-bond acceptors (Lipinski definition) is 28. The van der Waals surface area contributed by atoms with Crippen LogP contribution in [-0.4, -0.2) is 296 Å². The lowest BCUT2D eigenvalue weighted by atomic mass is 9.74. The third kappa shape index (κ3) is 19.3. The van der Waals surface area contributed by atoms with Crippen molar-refractivity contribution in [2.45, 2.75) is 358 Å². The second-order valence-corrected chi connectivity index (χ2v) is 33.1. The first-order valence-electron chi connectivity index (χ1n) is 37.6. The molecule has 1 amide bonds. The molecule has 9 N–H and O–H groups in total. The highest BCUT2D eigenvalue weighted by Crippen LogP contribution is 2.45. The quantitative estimate of drug-likeness (QED) is 0.0941. The number of cyclic esters (lactones) is 2. The molecule has 6 saturated heterocycles. The molecule has 0 aliphatic carbocycles. The van der Waals surface area contributed by atoms with Gasteiger partial charge in [-0.1, -0.05) is 55.4 Å². The van der Waals surface area contributed by atoms with Gasteiger partial charge in [-0.25, -0.2) is 0 Å². The van der Waals surface area contributed by atoms with E-state index in [1.54, 1.807) is 109 Å². The first-order valence-corrected chi connectivity index (χ1v) is 37.6. The molecule has 6 rings (SSSR count). The Hall–Kier alpha value is -3.09. The number of amides is 1. The third-order valence-corrected chi connectivity index (χ3v) is 24.6. The molecule has 0 radical (unpaired) electrons. The van der Waals surface area contributed by atoms with Gasteiger partial charge in [0, 0.05) is 82.8 Å². The maximum Gasteiger partial charge on any atom is 0.311 e. The molecule has 104 heavy (non-hydrogen) atoms. The molecule has 0 aromatic rings. The van der Waals surface area contributed by atoms with Crippen molar-refractivity contribution in [3.63, 3.8) is 0 Å². The molecule has 6 aliphatic heterocycles. The lowest BCUT2D eigenvalue weighted by Crippen LogP contribution is -2.63. The lowest BCUT2D eigenvalue weighted by molar-refractivity contribution is -0.319. The van der Waals surface area contributed by atoms with Crippen molar-refractivity contribution >= 4 is 29.4 Å². The largest absolute Gasteiger partial charge is 0.459 e. The van der Waals surface area contributed by atoms with Gasteiger partial charge in [0.05, 0.1) is 108 Å². The van der Waals surface area contributed by atoms with E-state index in [4.69, 9.17) is 61.6 Å². The molecular weight excluding hydrogens is 1360 g/mol. The third-order valence-electron chi connectivity index (χ3n) is 24.6. The number of aliphatic hydroxyl groups is 9. The summed E-state index contributed by atoms with van der Waals surface area (Å²) in [6, 6.07) is -1.88. The number of rotatable bonds is 17. The standard InChI is InChI=1S/C75H132N2O27/c1-26-49-74(19,90)60(83)39(7)54(79)35(3)30-70(15,89)64(41(9)58(43(11)66(87)99-49)101-52-32-71(16,92-23)62(85)45(13)97-52)103-68-56(81)47(28-37(5)95-68)76(21)34-51(78)77(22)48-29-38(6)96-69(57(48)82)104-65-42(10)59(102-53-33-72(17,93-24)63(86)46(14)98-53)44(12)67(88)100-50(27-2)75(20,91)61(84)40(8)55(80)36(4)31-73(65,18)94-25/h35-50,52-53,56-65,68-69,81-86,89-91H,26-34H2,1-25H3/t35-,36-,37?,38?,39+,40+,41+,42+,43-,44-,45?,46?,47?,48?,49-,50-,52?,53?,56?,57?,58+,59+,60-,61-,62?,63?,64-,65-,68?,69?,70+,71?,72?,73+,74-,75-/m1/s1. The molecule has 16 unspecified atom stereocenters. The molecule has 0 aromatic heterocycles. The highest BCUT2D eigenvalue weighted by molar-refractivity contribution is 5.84. The van der Waals surface area contributed by atoms with Crippen LogP contribution in [0.25, 0.3) is 0 Å². The number of carbonyl (C=O) groups is 5. The molecule has 6 aliphatic rings. The van der Waals surface area contributed by atoms with E-state index in [9.17, 15) is 69.9 Å². The number of nitrogens with zero attached hydrogens (tertiary/aromatic N) is 2. The van der Waals surface area contributed by atoms with E-state index < -0.39 is 245 Å². The molecular formula is C75H132N2O27. The first-order chi connectivity index (χ1) is 48.0. The van der Waals surface area contributed by atoms with Crippen LogP contribution in [0.1, 0.15) is 190 Å². The summed E-state index contributed by atoms with van der Waals surface area (Å²) >= 11 is 0. The summed E-state index contributed by atoms with van der Waals surface area (Å²) in [5, 5.41) is 108. The number of ether oxygens (including phenoxy) is 13. The van der Waals surface area contributed by atoms with Crippen LogP contribution in [0, 0.1) is 47.3 Å². The fraction of sp³-hybridized carbons (Fsp3) is 0.933. The molecule has 0 spiro atoms. The smallest absolute Gasteiger partial charge is 0.311 e. The summed E-state index contributed by atoms with van der Waals surface area (Å²) in [6.07, 6.45) is -24.9. The predicted molar refractivity (Wildman–Crippen MR) is 375 cm³/mol. The Labute approximate surface area is 616 Å². The molecule has 604 valence electrons. The Kier molecular flexibility index (Phi) is 30.7. The average Bonchev–Trinajstić information content (AvgIpc) is 0.771. The maximum absolute atomic E-state index is 15.0. The van der Waals surface area contributed by atoms with Crippen LogP contribution in [0.4, 0.5) is 0 Å². The monoisotopic (exact) mass is 1490 g/mol. The van der Waals surface area contributed by atoms with Crippen LogP contribution in [0.2, 0.25) is 0 Å². The van der Waals surface area contributed by atoms with E-state index in [2.05, 4.69) is 0 Å². The minimum absolute atomic E-state index is 0.00195. The van der Waals surface area contributed by atoms with E-state index in [0.29, 0.717) is 0 Å². The summed E-state index contributed by atoms with van der Waals surface area (Å²) in [7, 11) is 7.47. The van der Waals surface area contributed by atoms with E-state index in [0.717, 1.165) is 0 Å². The van der Waals surface area contributed by atoms with Gasteiger partial charge in [0.25, 0.3) is 0 Å². The Bertz CT molecular complexity index is 2840. The predicted octanol–water partition coefficient (Wildman–Crippen LogP) is 3.51. The Morgan fingerprint density at radius 2 is 0.846 bits per heavy atom. The van der Waals surface area contributed by atoms with Crippen LogP contribution in [0.3, 0.4) is 0 Å². The zero-order valence-corrected chi connectivity index (χ0v) is 66.5. The van der Waals surface area contributed by atoms with E-state index >= 15 is 0 Å². The first kappa shape index (κ1) is 89.8. The minimum atomic E-state index is -2.12. The lowest BCUT2D eigenvalue weighted by Gasteiger charge is -2.50. The fourth-order valence-corrected chi connectivity index (χ4v) is 17.4. The molecule has 0 saturated carbocycles. The highest BCUT2D eigenvalue weighted by atomic mass is 16.7. The summed E-state index contributed by atoms with van der Waals surface area (Å²) in [6.45, 7) is 31.6. The van der Waals surface area contributed by atoms with Crippen LogP contribution in [-0.2, 0) is 85.6 Å². The van der Waals surface area contributed by atoms with Crippen LogP contribution in [0.15, 0.2) is 0 Å². The zero-order chi connectivity index (χ0) is 78.9. The van der Waals surface area contributed by atoms with Crippen molar-refractivity contribution in [2.24, 2.45) is 47.3 Å². The SMILES string of the molecule is CC[C@H]1OC(=O)[C@H](C)[C@@H](OC2CC(C)(OC)C(O)C(C)O2)[C@H](C)[C@@H](OC2OC(C)CC(N(C)CC(=O)N(C)C3CC(C)OC(O[C@@H]4[C@@H](C)[C@H](OC5CC(C)(OC)C(O)C(C)O5)[C@@H](C)C(=O)O[C@H](CC)[C@@](C)(O)[C@H](O)[C@@H](C)C(=O)[C@H](C)C[C@]4(C)OC)C3O)C2O)[C@@](C)(O)C[C@@H](C)C(=O)[C@H](C)[C@@H](O)[C@]1(C)O. The normalized spacial score (nSPS) is 49.1. The second kappa shape index (κ2) is 35.5. The van der Waals surface area contributed by atoms with Crippen LogP contribution >= 0.6 is 0 Å². The van der Waals surface area contributed by atoms with Crippen molar-refractivity contribution < 1.29 is 132 Å². The van der Waals surface area contributed by atoms with Gasteiger partial charge in [0.2, 0.25) is 5.91 Å². The fourth-order valence-electron chi connectivity index (χ4n) is 17.4. The molecule has 6 heterocycles. The molecule has 0 bridgehead atoms. The number of esters is 2. The summed E-state index contributed by atoms with van der Waals surface area (Å²) < 4.78 is 83.2. The van der Waals surface area contributed by atoms with Gasteiger partial charge >= 0.3 is 11.9 Å². The number of likely N-dealkylation sites (N-methyl/N-ethyl adjacent to an activating group) is 2. The Morgan fingerprint density at radius 1 is 0.481 bits per heavy atom. The topological polar surface area (TPSA) is 394 Å². The Morgan fingerprint density at radius 3 is 1.24 bits per heavy atom. The number of ketones is 2. The van der Waals surface area contributed by atoms with Crippen molar-refractivity contribution in [3.05, 3.63) is 0 Å². The van der Waals surface area contributed by atoms with Gasteiger partial charge in [-0.05, 0) is 129 Å². The number of hydrogen-bond donors (Lipinski definition) is 9. The number of aliphatic hydroxyl groups excluding tert-OH is 6. The number of Topliss-reactive ketones (excluding diaryl/α,β-unsaturated/α-hetero) is 2. The molecule has 6 fully saturated rings. The van der Waals surface area contributed by atoms with Crippen molar-refractivity contribution in [1.82, 2.24) is 9.80 Å². The molecule has 29 heteroatoms. The van der Waals surface area contributed by atoms with Gasteiger partial charge in [-0.2, -0.15) is 0 Å². The maximum atomic E-state index is 15.0. The highest BCUT2D eigenvalue weighted by Gasteiger charge is 2.58. The minimum Gasteiger partial charge on any atom is -0.459 e. The zero-order valence-electron chi connectivity index (χ0n) is 66.5. The van der Waals surface area contributed by atoms with Gasteiger partial charge in [-0.3, -0.25) is 28.9 Å². The molecule has 29 nitrogen and oxygen atoms in total. The van der Waals surface area contributed by atoms with E-state index in [1.807, 2.05) is 0 Å². The summed E-state index contributed by atoms with van der Waals surface area (Å²) in [5.74, 6) is -11.9. The van der Waals surface area contributed by atoms with Gasteiger partial charge in [-0.15, -0.1) is 0 Å². The van der Waals surface area contributed by atoms with Gasteiger partial charge < -0.3 is 112 Å². The van der Waals surface area contributed by atoms with Crippen molar-refractivity contribution in [1.29, 1.82) is 0 Å². The number of carbonyl (C=O) groups excluding carboxylic acids is 5. The van der Waals surface area contributed by atoms with E-state index in [-0.39, 0.29) is 57.9 Å². The van der Waals surface area contributed by atoms with Crippen LogP contribution in [0.5, 0.6) is 0 Å². The molecule has 36 atom stereocenters. The van der Waals surface area contributed by atoms with E-state index in [1.165, 1.54) is 74.8 Å². The van der Waals surface area contributed by atoms with Gasteiger partial charge in [0.1, 0.15) is 59.4 Å². The summed E-state index contributed by atoms with van der Waals surface area (Å²) in [5.41, 5.74) is -10.1. The average molecular weight is 1490 g/mol. The number of methoxy groups -OCH3 is 3. The van der Waals surface area contributed by atoms with Gasteiger partial charge in [0.15, 0.2) is 25.2 Å². The Balaban J connectivity index is 1.33. The van der Waals surface area contributed by atoms with Crippen LogP contribution < -0.4 is 0 Å². The van der Waals surface area contributed by atoms with Crippen molar-refractivity contribution in [3.8, 4) is 0 Å². The van der Waals surface area contributed by atoms with Crippen molar-refractivity contribution in [2.75, 3.05) is 42.0 Å². The summed E-state index contributed by atoms with van der Waals surface area (Å²) in [4.78, 5) is 76.3. The second-order valence-electron chi connectivity index (χ2n) is 33.1. The molecule has 0 aromatic carbocycles.